The Morgan fingerprint density at radius 1 is 1.38 bits per heavy atom. The highest BCUT2D eigenvalue weighted by Crippen LogP contribution is 2.32. The summed E-state index contributed by atoms with van der Waals surface area (Å²) in [4.78, 5) is 30.8. The molecule has 1 aromatic heterocycles. The molecule has 0 amide bonds. The van der Waals surface area contributed by atoms with E-state index in [-0.39, 0.29) is 17.2 Å². The molecule has 8 nitrogen and oxygen atoms in total. The molecular weight excluding hydrogens is 276 g/mol. The highest BCUT2D eigenvalue weighted by Gasteiger charge is 2.25. The van der Waals surface area contributed by atoms with Gasteiger partial charge in [-0.25, -0.2) is 4.98 Å². The van der Waals surface area contributed by atoms with Crippen LogP contribution >= 0.6 is 0 Å². The number of rotatable bonds is 2. The van der Waals surface area contributed by atoms with Gasteiger partial charge in [0.05, 0.1) is 28.3 Å². The Kier molecular flexibility index (Phi) is 3.30. The van der Waals surface area contributed by atoms with Crippen molar-refractivity contribution in [3.63, 3.8) is 0 Å². The minimum Gasteiger partial charge on any atom is -0.393 e. The van der Waals surface area contributed by atoms with E-state index in [1.807, 2.05) is 4.90 Å². The average Bonchev–Trinajstić information content (AvgIpc) is 2.47. The number of nitro groups is 1. The maximum atomic E-state index is 11.7. The topological polar surface area (TPSA) is 112 Å². The first kappa shape index (κ1) is 13.5. The molecule has 0 spiro atoms. The normalized spacial score (nSPS) is 16.3. The van der Waals surface area contributed by atoms with Crippen LogP contribution in [0.5, 0.6) is 0 Å². The van der Waals surface area contributed by atoms with E-state index < -0.39 is 10.5 Å². The van der Waals surface area contributed by atoms with E-state index in [0.717, 1.165) is 0 Å². The number of piperidine rings is 1. The molecule has 2 aromatic rings. The molecular formula is C13H14N4O4. The van der Waals surface area contributed by atoms with Crippen LogP contribution in [0.4, 0.5) is 11.4 Å². The number of benzene rings is 1. The first-order valence-corrected chi connectivity index (χ1v) is 6.65. The second-order valence-corrected chi connectivity index (χ2v) is 5.07. The number of fused-ring (bicyclic) bond motifs is 1. The zero-order chi connectivity index (χ0) is 15.0. The lowest BCUT2D eigenvalue weighted by Crippen LogP contribution is -2.36. The molecule has 0 radical (unpaired) electrons. The van der Waals surface area contributed by atoms with Gasteiger partial charge in [-0.15, -0.1) is 0 Å². The Morgan fingerprint density at radius 3 is 2.76 bits per heavy atom. The first-order chi connectivity index (χ1) is 10.1. The van der Waals surface area contributed by atoms with Crippen LogP contribution in [-0.2, 0) is 0 Å². The second-order valence-electron chi connectivity index (χ2n) is 5.07. The molecule has 3 rings (SSSR count). The van der Waals surface area contributed by atoms with Gasteiger partial charge in [-0.3, -0.25) is 14.9 Å². The molecule has 0 bridgehead atoms. The van der Waals surface area contributed by atoms with E-state index in [9.17, 15) is 20.0 Å². The van der Waals surface area contributed by atoms with Crippen LogP contribution in [-0.4, -0.2) is 39.2 Å². The summed E-state index contributed by atoms with van der Waals surface area (Å²) >= 11 is 0. The molecule has 1 aliphatic heterocycles. The summed E-state index contributed by atoms with van der Waals surface area (Å²) < 4.78 is 0. The molecule has 1 fully saturated rings. The monoisotopic (exact) mass is 290 g/mol. The number of aliphatic hydroxyl groups excluding tert-OH is 1. The van der Waals surface area contributed by atoms with Gasteiger partial charge >= 0.3 is 0 Å². The number of nitrogens with one attached hydrogen (secondary N) is 1. The summed E-state index contributed by atoms with van der Waals surface area (Å²) in [5.41, 5.74) is 0.351. The lowest BCUT2D eigenvalue weighted by atomic mass is 10.1. The van der Waals surface area contributed by atoms with E-state index in [4.69, 9.17) is 0 Å². The molecule has 1 aliphatic rings. The Bertz CT molecular complexity index is 749. The number of hydrogen-bond donors (Lipinski definition) is 2. The standard InChI is InChI=1S/C13H14N4O4/c18-8-1-3-16(4-2-8)11-6-10-9(5-12(11)17(20)21)13(19)15-7-14-10/h5-8,18H,1-4H2,(H,14,15,19). The number of aliphatic hydroxyl groups is 1. The van der Waals surface area contributed by atoms with Crippen molar-refractivity contribution in [1.29, 1.82) is 0 Å². The molecule has 8 heteroatoms. The Morgan fingerprint density at radius 2 is 2.10 bits per heavy atom. The van der Waals surface area contributed by atoms with Crippen LogP contribution in [0.25, 0.3) is 10.9 Å². The van der Waals surface area contributed by atoms with Gasteiger partial charge < -0.3 is 15.0 Å². The predicted molar refractivity (Wildman–Crippen MR) is 76.5 cm³/mol. The van der Waals surface area contributed by atoms with Gasteiger partial charge in [0, 0.05) is 19.2 Å². The van der Waals surface area contributed by atoms with Crippen molar-refractivity contribution in [2.24, 2.45) is 0 Å². The molecule has 2 heterocycles. The molecule has 2 N–H and O–H groups in total. The average molecular weight is 290 g/mol. The minimum absolute atomic E-state index is 0.114. The number of aromatic nitrogens is 2. The largest absolute Gasteiger partial charge is 0.393 e. The number of anilines is 1. The maximum absolute atomic E-state index is 11.7. The lowest BCUT2D eigenvalue weighted by molar-refractivity contribution is -0.384. The van der Waals surface area contributed by atoms with Crippen molar-refractivity contribution in [2.75, 3.05) is 18.0 Å². The van der Waals surface area contributed by atoms with Gasteiger partial charge in [-0.2, -0.15) is 0 Å². The van der Waals surface area contributed by atoms with Crippen molar-refractivity contribution in [1.82, 2.24) is 9.97 Å². The maximum Gasteiger partial charge on any atom is 0.293 e. The van der Waals surface area contributed by atoms with Gasteiger partial charge in [0.2, 0.25) is 0 Å². The van der Waals surface area contributed by atoms with Crippen LogP contribution in [0.1, 0.15) is 12.8 Å². The third-order valence-corrected chi connectivity index (χ3v) is 3.74. The van der Waals surface area contributed by atoms with Crippen LogP contribution in [0.2, 0.25) is 0 Å². The van der Waals surface area contributed by atoms with Gasteiger partial charge in [0.25, 0.3) is 11.2 Å². The third kappa shape index (κ3) is 2.45. The fourth-order valence-electron chi connectivity index (χ4n) is 2.60. The van der Waals surface area contributed by atoms with Crippen molar-refractivity contribution in [2.45, 2.75) is 18.9 Å². The van der Waals surface area contributed by atoms with Gasteiger partial charge in [0.15, 0.2) is 0 Å². The highest BCUT2D eigenvalue weighted by atomic mass is 16.6. The number of nitro benzene ring substituents is 1. The molecule has 0 unspecified atom stereocenters. The minimum atomic E-state index is -0.494. The van der Waals surface area contributed by atoms with Gasteiger partial charge in [-0.1, -0.05) is 0 Å². The number of aromatic amines is 1. The van der Waals surface area contributed by atoms with Crippen molar-refractivity contribution < 1.29 is 10.0 Å². The summed E-state index contributed by atoms with van der Waals surface area (Å²) in [5.74, 6) is 0. The van der Waals surface area contributed by atoms with E-state index >= 15 is 0 Å². The summed E-state index contributed by atoms with van der Waals surface area (Å²) in [6, 6.07) is 2.84. The fourth-order valence-corrected chi connectivity index (χ4v) is 2.60. The number of H-pyrrole nitrogens is 1. The van der Waals surface area contributed by atoms with Crippen molar-refractivity contribution >= 4 is 22.3 Å². The Hall–Kier alpha value is -2.48. The molecule has 0 saturated carbocycles. The number of hydrogen-bond acceptors (Lipinski definition) is 6. The molecule has 1 saturated heterocycles. The smallest absolute Gasteiger partial charge is 0.293 e. The first-order valence-electron chi connectivity index (χ1n) is 6.65. The molecule has 0 atom stereocenters. The van der Waals surface area contributed by atoms with E-state index in [0.29, 0.717) is 37.1 Å². The molecule has 0 aliphatic carbocycles. The summed E-state index contributed by atoms with van der Waals surface area (Å²) in [5, 5.41) is 21.0. The van der Waals surface area contributed by atoms with Crippen molar-refractivity contribution in [3.05, 3.63) is 38.9 Å². The fraction of sp³-hybridized carbons (Fsp3) is 0.385. The van der Waals surface area contributed by atoms with Gasteiger partial charge in [-0.05, 0) is 18.9 Å². The SMILES string of the molecule is O=c1[nH]cnc2cc(N3CCC(O)CC3)c([N+](=O)[O-])cc12. The molecule has 110 valence electrons. The van der Waals surface area contributed by atoms with Crippen molar-refractivity contribution in [3.8, 4) is 0 Å². The Labute approximate surface area is 119 Å². The van der Waals surface area contributed by atoms with E-state index in [1.165, 1.54) is 12.4 Å². The Balaban J connectivity index is 2.14. The van der Waals surface area contributed by atoms with E-state index in [2.05, 4.69) is 9.97 Å². The third-order valence-electron chi connectivity index (χ3n) is 3.74. The molecule has 1 aromatic carbocycles. The van der Waals surface area contributed by atoms with Gasteiger partial charge in [0.1, 0.15) is 5.69 Å². The quantitative estimate of drug-likeness (QED) is 0.624. The number of nitrogens with zero attached hydrogens (tertiary/aromatic N) is 3. The van der Waals surface area contributed by atoms with Crippen LogP contribution in [0.15, 0.2) is 23.3 Å². The van der Waals surface area contributed by atoms with Crippen LogP contribution in [0.3, 0.4) is 0 Å². The zero-order valence-electron chi connectivity index (χ0n) is 11.2. The summed E-state index contributed by atoms with van der Waals surface area (Å²) in [6.07, 6.45) is 2.05. The summed E-state index contributed by atoms with van der Waals surface area (Å²) in [6.45, 7) is 1.08. The molecule has 21 heavy (non-hydrogen) atoms. The van der Waals surface area contributed by atoms with E-state index in [1.54, 1.807) is 6.07 Å². The second kappa shape index (κ2) is 5.13. The predicted octanol–water partition coefficient (Wildman–Crippen LogP) is 0.792. The van der Waals surface area contributed by atoms with Crippen LogP contribution in [0, 0.1) is 10.1 Å². The summed E-state index contributed by atoms with van der Waals surface area (Å²) in [7, 11) is 0. The van der Waals surface area contributed by atoms with Crippen LogP contribution < -0.4 is 10.5 Å². The zero-order valence-corrected chi connectivity index (χ0v) is 11.2. The highest BCUT2D eigenvalue weighted by molar-refractivity contribution is 5.87. The lowest BCUT2D eigenvalue weighted by Gasteiger charge is -2.31.